The fourth-order valence-corrected chi connectivity index (χ4v) is 0.517. The maximum Gasteiger partial charge on any atom is 0.0927 e. The van der Waals surface area contributed by atoms with Gasteiger partial charge in [-0.3, -0.25) is 0 Å². The monoisotopic (exact) mass is 151 g/mol. The van der Waals surface area contributed by atoms with Crippen molar-refractivity contribution < 1.29 is 5.11 Å². The summed E-state index contributed by atoms with van der Waals surface area (Å²) in [5.41, 5.74) is 3.98. The van der Waals surface area contributed by atoms with E-state index in [1.54, 1.807) is 20.8 Å². The minimum Gasteiger partial charge on any atom is -0.387 e. The zero-order chi connectivity index (χ0) is 7.71. The molecule has 0 aromatic rings. The number of rotatable bonds is 2. The summed E-state index contributed by atoms with van der Waals surface area (Å²) in [5.74, 6) is 0.163. The quantitative estimate of drug-likeness (QED) is 0.572. The van der Waals surface area contributed by atoms with E-state index in [9.17, 15) is 5.11 Å². The van der Waals surface area contributed by atoms with Crippen molar-refractivity contribution in [3.05, 3.63) is 0 Å². The van der Waals surface area contributed by atoms with E-state index in [4.69, 9.17) is 17.3 Å². The molecule has 0 aromatic heterocycles. The topological polar surface area (TPSA) is 46.2 Å². The number of hydrogen-bond donors (Lipinski definition) is 2. The number of hydrogen-bond acceptors (Lipinski definition) is 2. The van der Waals surface area contributed by atoms with Gasteiger partial charge in [0.1, 0.15) is 0 Å². The molecule has 0 saturated carbocycles. The minimum absolute atomic E-state index is 0.163. The first-order valence-electron chi connectivity index (χ1n) is 2.88. The normalized spacial score (nSPS) is 19.3. The van der Waals surface area contributed by atoms with Crippen molar-refractivity contribution in [1.29, 1.82) is 0 Å². The summed E-state index contributed by atoms with van der Waals surface area (Å²) in [7, 11) is 0. The van der Waals surface area contributed by atoms with Crippen molar-refractivity contribution in [3.8, 4) is 0 Å². The third kappa shape index (κ3) is 2.12. The van der Waals surface area contributed by atoms with Gasteiger partial charge in [0.15, 0.2) is 0 Å². The zero-order valence-corrected chi connectivity index (χ0v) is 6.87. The molecule has 0 saturated heterocycles. The van der Waals surface area contributed by atoms with Crippen LogP contribution in [0.3, 0.4) is 0 Å². The van der Waals surface area contributed by atoms with Crippen LogP contribution < -0.4 is 5.73 Å². The van der Waals surface area contributed by atoms with E-state index < -0.39 is 11.1 Å². The predicted molar refractivity (Wildman–Crippen MR) is 39.6 cm³/mol. The van der Waals surface area contributed by atoms with Gasteiger partial charge < -0.3 is 10.8 Å². The van der Waals surface area contributed by atoms with E-state index in [-0.39, 0.29) is 5.88 Å². The third-order valence-corrected chi connectivity index (χ3v) is 2.17. The Hall–Kier alpha value is 0.210. The molecule has 0 radical (unpaired) electrons. The molecule has 0 heterocycles. The van der Waals surface area contributed by atoms with Gasteiger partial charge in [0.05, 0.1) is 11.5 Å². The van der Waals surface area contributed by atoms with E-state index in [1.165, 1.54) is 0 Å². The smallest absolute Gasteiger partial charge is 0.0927 e. The lowest BCUT2D eigenvalue weighted by molar-refractivity contribution is 0.0179. The Morgan fingerprint density at radius 2 is 1.78 bits per heavy atom. The van der Waals surface area contributed by atoms with Crippen molar-refractivity contribution in [2.24, 2.45) is 5.73 Å². The fraction of sp³-hybridized carbons (Fsp3) is 1.00. The predicted octanol–water partition coefficient (Wildman–Crippen LogP) is 0.714. The molecule has 1 atom stereocenters. The van der Waals surface area contributed by atoms with Crippen LogP contribution in [-0.2, 0) is 0 Å². The summed E-state index contributed by atoms with van der Waals surface area (Å²) in [5, 5.41) is 9.40. The van der Waals surface area contributed by atoms with Gasteiger partial charge in [-0.15, -0.1) is 11.6 Å². The van der Waals surface area contributed by atoms with E-state index in [0.29, 0.717) is 0 Å². The largest absolute Gasteiger partial charge is 0.387 e. The maximum absolute atomic E-state index is 9.40. The van der Waals surface area contributed by atoms with Crippen LogP contribution in [0.2, 0.25) is 0 Å². The van der Waals surface area contributed by atoms with E-state index in [1.807, 2.05) is 0 Å². The summed E-state index contributed by atoms with van der Waals surface area (Å²) < 4.78 is 0. The second-order valence-electron chi connectivity index (χ2n) is 3.13. The second kappa shape index (κ2) is 2.45. The summed E-state index contributed by atoms with van der Waals surface area (Å²) in [6.07, 6.45) is 0. The van der Waals surface area contributed by atoms with Gasteiger partial charge in [0.25, 0.3) is 0 Å². The highest BCUT2D eigenvalue weighted by Crippen LogP contribution is 2.19. The van der Waals surface area contributed by atoms with Gasteiger partial charge in [-0.1, -0.05) is 0 Å². The SMILES string of the molecule is CC(C)(N)C(C)(O)CCl. The summed E-state index contributed by atoms with van der Waals surface area (Å²) in [6.45, 7) is 5.12. The van der Waals surface area contributed by atoms with Crippen LogP contribution in [0.4, 0.5) is 0 Å². The first-order valence-corrected chi connectivity index (χ1v) is 3.42. The van der Waals surface area contributed by atoms with Gasteiger partial charge >= 0.3 is 0 Å². The van der Waals surface area contributed by atoms with Crippen molar-refractivity contribution in [2.75, 3.05) is 5.88 Å². The van der Waals surface area contributed by atoms with Crippen molar-refractivity contribution in [1.82, 2.24) is 0 Å². The van der Waals surface area contributed by atoms with Crippen molar-refractivity contribution >= 4 is 11.6 Å². The van der Waals surface area contributed by atoms with E-state index in [2.05, 4.69) is 0 Å². The number of aliphatic hydroxyl groups is 1. The van der Waals surface area contributed by atoms with E-state index in [0.717, 1.165) is 0 Å². The Labute approximate surface area is 61.0 Å². The number of nitrogens with two attached hydrogens (primary N) is 1. The zero-order valence-electron chi connectivity index (χ0n) is 6.11. The average molecular weight is 152 g/mol. The minimum atomic E-state index is -0.978. The first kappa shape index (κ1) is 9.21. The highest BCUT2D eigenvalue weighted by Gasteiger charge is 2.34. The average Bonchev–Trinajstić information content (AvgIpc) is 1.64. The van der Waals surface area contributed by atoms with Crippen LogP contribution in [0.25, 0.3) is 0 Å². The molecule has 56 valence electrons. The Morgan fingerprint density at radius 1 is 1.44 bits per heavy atom. The van der Waals surface area contributed by atoms with Crippen LogP contribution in [0.15, 0.2) is 0 Å². The van der Waals surface area contributed by atoms with Crippen LogP contribution >= 0.6 is 11.6 Å². The summed E-state index contributed by atoms with van der Waals surface area (Å²) in [4.78, 5) is 0. The van der Waals surface area contributed by atoms with E-state index >= 15 is 0 Å². The summed E-state index contributed by atoms with van der Waals surface area (Å²) >= 11 is 5.45. The first-order chi connectivity index (χ1) is 3.81. The number of halogens is 1. The Balaban J connectivity index is 4.14. The standard InChI is InChI=1S/C6H14ClNO/c1-5(2,8)6(3,9)4-7/h9H,4,8H2,1-3H3. The lowest BCUT2D eigenvalue weighted by Crippen LogP contribution is -2.55. The Bertz CT molecular complexity index is 95.7. The molecule has 0 aliphatic carbocycles. The Morgan fingerprint density at radius 3 is 1.78 bits per heavy atom. The fourth-order valence-electron chi connectivity index (χ4n) is 0.172. The highest BCUT2D eigenvalue weighted by atomic mass is 35.5. The van der Waals surface area contributed by atoms with Gasteiger partial charge in [0.2, 0.25) is 0 Å². The molecule has 2 nitrogen and oxygen atoms in total. The summed E-state index contributed by atoms with van der Waals surface area (Å²) in [6, 6.07) is 0. The molecule has 9 heavy (non-hydrogen) atoms. The molecular formula is C6H14ClNO. The van der Waals surface area contributed by atoms with Gasteiger partial charge in [0, 0.05) is 5.54 Å². The van der Waals surface area contributed by atoms with Crippen molar-refractivity contribution in [3.63, 3.8) is 0 Å². The lowest BCUT2D eigenvalue weighted by Gasteiger charge is -2.34. The second-order valence-corrected chi connectivity index (χ2v) is 3.40. The molecule has 0 bridgehead atoms. The van der Waals surface area contributed by atoms with Crippen LogP contribution in [-0.4, -0.2) is 22.1 Å². The maximum atomic E-state index is 9.40. The molecule has 3 heteroatoms. The lowest BCUT2D eigenvalue weighted by atomic mass is 9.87. The van der Waals surface area contributed by atoms with Gasteiger partial charge in [-0.25, -0.2) is 0 Å². The molecule has 0 aromatic carbocycles. The Kier molecular flexibility index (Phi) is 2.50. The van der Waals surface area contributed by atoms with Crippen molar-refractivity contribution in [2.45, 2.75) is 31.9 Å². The highest BCUT2D eigenvalue weighted by molar-refractivity contribution is 6.18. The molecule has 0 spiro atoms. The van der Waals surface area contributed by atoms with Crippen LogP contribution in [0, 0.1) is 0 Å². The molecule has 0 aliphatic rings. The van der Waals surface area contributed by atoms with Gasteiger partial charge in [-0.05, 0) is 20.8 Å². The third-order valence-electron chi connectivity index (χ3n) is 1.65. The molecule has 0 aliphatic heterocycles. The number of alkyl halides is 1. The molecular weight excluding hydrogens is 138 g/mol. The molecule has 3 N–H and O–H groups in total. The molecule has 0 rings (SSSR count). The molecule has 1 unspecified atom stereocenters. The molecule has 0 amide bonds. The van der Waals surface area contributed by atoms with Gasteiger partial charge in [-0.2, -0.15) is 0 Å². The van der Waals surface area contributed by atoms with Crippen LogP contribution in [0.5, 0.6) is 0 Å². The molecule has 0 fully saturated rings. The van der Waals surface area contributed by atoms with Crippen LogP contribution in [0.1, 0.15) is 20.8 Å².